The number of aliphatic hydroxyl groups excluding tert-OH is 1. The molecule has 0 amide bonds. The van der Waals surface area contributed by atoms with Crippen molar-refractivity contribution in [3.8, 4) is 22.9 Å². The zero-order valence-corrected chi connectivity index (χ0v) is 20.4. The summed E-state index contributed by atoms with van der Waals surface area (Å²) >= 11 is 0. The lowest BCUT2D eigenvalue weighted by Crippen LogP contribution is -2.34. The first-order valence-electron chi connectivity index (χ1n) is 12.6. The molecule has 4 aromatic rings. The summed E-state index contributed by atoms with van der Waals surface area (Å²) in [5, 5.41) is 9.42. The van der Waals surface area contributed by atoms with Gasteiger partial charge in [0.1, 0.15) is 13.2 Å². The summed E-state index contributed by atoms with van der Waals surface area (Å²) in [5.74, 6) is 1.52. The highest BCUT2D eigenvalue weighted by atomic mass is 16.5. The molecule has 1 N–H and O–H groups in total. The minimum absolute atomic E-state index is 0.288. The number of hydrogen-bond acceptors (Lipinski definition) is 5. The van der Waals surface area contributed by atoms with Gasteiger partial charge in [0, 0.05) is 37.0 Å². The van der Waals surface area contributed by atoms with Crippen molar-refractivity contribution in [1.29, 1.82) is 0 Å². The van der Waals surface area contributed by atoms with E-state index >= 15 is 0 Å². The largest absolute Gasteiger partial charge is 0.473 e. The van der Waals surface area contributed by atoms with Gasteiger partial charge in [-0.3, -0.25) is 0 Å². The van der Waals surface area contributed by atoms with Crippen molar-refractivity contribution < 1.29 is 14.6 Å². The molecule has 1 aromatic heterocycles. The summed E-state index contributed by atoms with van der Waals surface area (Å²) in [6.07, 6.45) is 2.06. The lowest BCUT2D eigenvalue weighted by molar-refractivity contribution is 0.203. The summed E-state index contributed by atoms with van der Waals surface area (Å²) in [6, 6.07) is 32.7. The quantitative estimate of drug-likeness (QED) is 0.313. The van der Waals surface area contributed by atoms with Crippen LogP contribution in [0.1, 0.15) is 24.0 Å². The average molecular weight is 481 g/mol. The van der Waals surface area contributed by atoms with E-state index in [4.69, 9.17) is 14.5 Å². The smallest absolute Gasteiger partial charge is 0.225 e. The normalized spacial score (nSPS) is 14.0. The van der Waals surface area contributed by atoms with Crippen LogP contribution in [0.25, 0.3) is 11.1 Å². The van der Waals surface area contributed by atoms with Crippen LogP contribution in [-0.2, 0) is 13.2 Å². The molecule has 5 rings (SSSR count). The van der Waals surface area contributed by atoms with Crippen LogP contribution in [0.5, 0.6) is 11.8 Å². The SMILES string of the molecule is OCC1CCN(c2ccc(-c3ccc(OCc4ccccc4)nc3OCc3ccccc3)cc2)CC1. The van der Waals surface area contributed by atoms with E-state index in [1.54, 1.807) is 0 Å². The molecule has 1 saturated heterocycles. The van der Waals surface area contributed by atoms with Crippen LogP contribution < -0.4 is 14.4 Å². The Kier molecular flexibility index (Phi) is 7.79. The van der Waals surface area contributed by atoms with Gasteiger partial charge >= 0.3 is 0 Å². The van der Waals surface area contributed by atoms with Crippen molar-refractivity contribution >= 4 is 5.69 Å². The summed E-state index contributed by atoms with van der Waals surface area (Å²) in [5.41, 5.74) is 5.37. The van der Waals surface area contributed by atoms with Crippen LogP contribution in [0.15, 0.2) is 97.1 Å². The standard InChI is InChI=1S/C31H32N2O3/c34-21-24-17-19-33(20-18-24)28-13-11-27(12-14-28)29-15-16-30(35-22-25-7-3-1-4-8-25)32-31(29)36-23-26-9-5-2-6-10-26/h1-16,24,34H,17-23H2. The zero-order valence-electron chi connectivity index (χ0n) is 20.4. The highest BCUT2D eigenvalue weighted by molar-refractivity contribution is 5.71. The van der Waals surface area contributed by atoms with E-state index in [1.807, 2.05) is 72.8 Å². The van der Waals surface area contributed by atoms with E-state index in [9.17, 15) is 5.11 Å². The summed E-state index contributed by atoms with van der Waals surface area (Å²) < 4.78 is 12.2. The molecule has 36 heavy (non-hydrogen) atoms. The van der Waals surface area contributed by atoms with Gasteiger partial charge in [0.15, 0.2) is 0 Å². The molecule has 0 atom stereocenters. The van der Waals surface area contributed by atoms with E-state index in [1.165, 1.54) is 5.69 Å². The van der Waals surface area contributed by atoms with E-state index < -0.39 is 0 Å². The number of aromatic nitrogens is 1. The van der Waals surface area contributed by atoms with E-state index in [0.29, 0.717) is 30.9 Å². The van der Waals surface area contributed by atoms with Gasteiger partial charge in [0.25, 0.3) is 0 Å². The van der Waals surface area contributed by atoms with Gasteiger partial charge in [-0.25, -0.2) is 0 Å². The van der Waals surface area contributed by atoms with Crippen LogP contribution >= 0.6 is 0 Å². The molecule has 0 spiro atoms. The van der Waals surface area contributed by atoms with Crippen molar-refractivity contribution in [3.05, 3.63) is 108 Å². The summed E-state index contributed by atoms with van der Waals surface area (Å²) in [4.78, 5) is 7.12. The minimum atomic E-state index is 0.288. The molecular weight excluding hydrogens is 448 g/mol. The molecule has 5 heteroatoms. The molecule has 2 heterocycles. The third-order valence-corrected chi connectivity index (χ3v) is 6.70. The summed E-state index contributed by atoms with van der Waals surface area (Å²) in [6.45, 7) is 3.13. The molecule has 184 valence electrons. The number of pyridine rings is 1. The Morgan fingerprint density at radius 3 is 1.94 bits per heavy atom. The second-order valence-corrected chi connectivity index (χ2v) is 9.21. The Bertz CT molecular complexity index is 1220. The first-order chi connectivity index (χ1) is 17.8. The van der Waals surface area contributed by atoms with Gasteiger partial charge in [0.05, 0.1) is 0 Å². The van der Waals surface area contributed by atoms with Gasteiger partial charge in [0.2, 0.25) is 11.8 Å². The molecule has 0 saturated carbocycles. The first-order valence-corrected chi connectivity index (χ1v) is 12.6. The third-order valence-electron chi connectivity index (χ3n) is 6.70. The Morgan fingerprint density at radius 1 is 0.722 bits per heavy atom. The van der Waals surface area contributed by atoms with Gasteiger partial charge < -0.3 is 19.5 Å². The topological polar surface area (TPSA) is 54.8 Å². The molecule has 0 bridgehead atoms. The first kappa shape index (κ1) is 23.9. The predicted octanol–water partition coefficient (Wildman–Crippen LogP) is 6.12. The summed E-state index contributed by atoms with van der Waals surface area (Å²) in [7, 11) is 0. The Morgan fingerprint density at radius 2 is 1.33 bits per heavy atom. The molecular formula is C31H32N2O3. The van der Waals surface area contributed by atoms with E-state index in [-0.39, 0.29) is 6.61 Å². The van der Waals surface area contributed by atoms with Crippen molar-refractivity contribution in [1.82, 2.24) is 4.98 Å². The number of aliphatic hydroxyl groups is 1. The molecule has 1 aliphatic rings. The fraction of sp³-hybridized carbons (Fsp3) is 0.258. The average Bonchev–Trinajstić information content (AvgIpc) is 2.96. The van der Waals surface area contributed by atoms with Crippen molar-refractivity contribution in [2.24, 2.45) is 5.92 Å². The number of rotatable bonds is 9. The van der Waals surface area contributed by atoms with Gasteiger partial charge in [-0.05, 0) is 53.6 Å². The lowest BCUT2D eigenvalue weighted by Gasteiger charge is -2.33. The monoisotopic (exact) mass is 480 g/mol. The number of benzene rings is 3. The van der Waals surface area contributed by atoms with Crippen molar-refractivity contribution in [2.45, 2.75) is 26.1 Å². The highest BCUT2D eigenvalue weighted by Gasteiger charge is 2.19. The Hall–Kier alpha value is -3.83. The number of piperidine rings is 1. The van der Waals surface area contributed by atoms with Crippen molar-refractivity contribution in [3.63, 3.8) is 0 Å². The maximum absolute atomic E-state index is 9.42. The number of anilines is 1. The van der Waals surface area contributed by atoms with Crippen LogP contribution in [0.4, 0.5) is 5.69 Å². The molecule has 5 nitrogen and oxygen atoms in total. The maximum atomic E-state index is 9.42. The zero-order chi connectivity index (χ0) is 24.6. The van der Waals surface area contributed by atoms with Crippen LogP contribution in [-0.4, -0.2) is 29.8 Å². The molecule has 0 radical (unpaired) electrons. The Balaban J connectivity index is 1.35. The Labute approximate surface area is 213 Å². The minimum Gasteiger partial charge on any atom is -0.473 e. The van der Waals surface area contributed by atoms with Crippen LogP contribution in [0.2, 0.25) is 0 Å². The lowest BCUT2D eigenvalue weighted by atomic mass is 9.97. The van der Waals surface area contributed by atoms with Crippen LogP contribution in [0.3, 0.4) is 0 Å². The molecule has 3 aromatic carbocycles. The molecule has 1 aliphatic heterocycles. The van der Waals surface area contributed by atoms with Crippen molar-refractivity contribution in [2.75, 3.05) is 24.6 Å². The molecule has 0 unspecified atom stereocenters. The number of nitrogens with zero attached hydrogens (tertiary/aromatic N) is 2. The fourth-order valence-electron chi connectivity index (χ4n) is 4.52. The van der Waals surface area contributed by atoms with Crippen LogP contribution in [0, 0.1) is 5.92 Å². The number of ether oxygens (including phenoxy) is 2. The van der Waals surface area contributed by atoms with E-state index in [2.05, 4.69) is 29.2 Å². The second-order valence-electron chi connectivity index (χ2n) is 9.21. The second kappa shape index (κ2) is 11.7. The predicted molar refractivity (Wildman–Crippen MR) is 143 cm³/mol. The number of hydrogen-bond donors (Lipinski definition) is 1. The van der Waals surface area contributed by atoms with Gasteiger partial charge in [-0.2, -0.15) is 4.98 Å². The van der Waals surface area contributed by atoms with Gasteiger partial charge in [-0.1, -0.05) is 72.8 Å². The molecule has 1 fully saturated rings. The highest BCUT2D eigenvalue weighted by Crippen LogP contribution is 2.33. The molecule has 0 aliphatic carbocycles. The van der Waals surface area contributed by atoms with E-state index in [0.717, 1.165) is 48.2 Å². The maximum Gasteiger partial charge on any atom is 0.225 e. The third kappa shape index (κ3) is 6.04. The van der Waals surface area contributed by atoms with Gasteiger partial charge in [-0.15, -0.1) is 0 Å². The fourth-order valence-corrected chi connectivity index (χ4v) is 4.52.